The number of nitrogens with zero attached hydrogens (tertiary/aromatic N) is 1. The highest BCUT2D eigenvalue weighted by Gasteiger charge is 2.11. The molecule has 4 aromatic rings. The first kappa shape index (κ1) is 20.0. The summed E-state index contributed by atoms with van der Waals surface area (Å²) < 4.78 is 16.8. The summed E-state index contributed by atoms with van der Waals surface area (Å²) in [5.74, 6) is 3.70. The van der Waals surface area contributed by atoms with Gasteiger partial charge in [0.05, 0.1) is 18.7 Å². The molecule has 0 radical (unpaired) electrons. The van der Waals surface area contributed by atoms with Gasteiger partial charge in [-0.2, -0.15) is 0 Å². The Balaban J connectivity index is 1.26. The van der Waals surface area contributed by atoms with E-state index in [1.165, 1.54) is 0 Å². The fraction of sp³-hybridized carbons (Fsp3) is 0.217. The fourth-order valence-electron chi connectivity index (χ4n) is 3.02. The molecule has 0 unspecified atom stereocenters. The molecule has 1 aromatic carbocycles. The van der Waals surface area contributed by atoms with Crippen LogP contribution in [0.2, 0.25) is 0 Å². The second-order valence-corrected chi connectivity index (χ2v) is 7.85. The van der Waals surface area contributed by atoms with Gasteiger partial charge in [0.15, 0.2) is 5.76 Å². The summed E-state index contributed by atoms with van der Waals surface area (Å²) in [5.41, 5.74) is 1.79. The average Bonchev–Trinajstić information content (AvgIpc) is 3.51. The van der Waals surface area contributed by atoms with Gasteiger partial charge >= 0.3 is 0 Å². The van der Waals surface area contributed by atoms with Crippen LogP contribution in [0.3, 0.4) is 0 Å². The summed E-state index contributed by atoms with van der Waals surface area (Å²) >= 11 is 1.58. The molecule has 0 bridgehead atoms. The van der Waals surface area contributed by atoms with Crippen LogP contribution in [-0.4, -0.2) is 18.0 Å². The van der Waals surface area contributed by atoms with Crippen molar-refractivity contribution in [1.29, 1.82) is 0 Å². The molecule has 4 rings (SSSR count). The Kier molecular flexibility index (Phi) is 5.99. The smallest absolute Gasteiger partial charge is 0.220 e. The van der Waals surface area contributed by atoms with Crippen LogP contribution in [0.4, 0.5) is 0 Å². The van der Waals surface area contributed by atoms with Crippen molar-refractivity contribution >= 4 is 17.2 Å². The SMILES string of the molecule is COc1ccc(-c2ccc(CCC(=O)NCc3ccc(-c4csc(C)n4)o3)o2)cc1. The lowest BCUT2D eigenvalue weighted by Gasteiger charge is -2.03. The third kappa shape index (κ3) is 4.80. The Morgan fingerprint density at radius 2 is 1.77 bits per heavy atom. The van der Waals surface area contributed by atoms with E-state index in [-0.39, 0.29) is 5.91 Å². The van der Waals surface area contributed by atoms with E-state index in [0.29, 0.717) is 30.9 Å². The number of ether oxygens (including phenoxy) is 1. The van der Waals surface area contributed by atoms with E-state index in [9.17, 15) is 4.79 Å². The predicted molar refractivity (Wildman–Crippen MR) is 115 cm³/mol. The van der Waals surface area contributed by atoms with E-state index in [4.69, 9.17) is 13.6 Å². The monoisotopic (exact) mass is 422 g/mol. The maximum Gasteiger partial charge on any atom is 0.220 e. The van der Waals surface area contributed by atoms with Gasteiger partial charge in [0, 0.05) is 23.8 Å². The van der Waals surface area contributed by atoms with Gasteiger partial charge in [-0.15, -0.1) is 11.3 Å². The molecule has 0 aliphatic rings. The normalized spacial score (nSPS) is 10.9. The molecule has 30 heavy (non-hydrogen) atoms. The average molecular weight is 423 g/mol. The molecule has 0 fully saturated rings. The van der Waals surface area contributed by atoms with E-state index in [0.717, 1.165) is 33.5 Å². The minimum atomic E-state index is -0.0557. The Hall–Kier alpha value is -3.32. The third-order valence-electron chi connectivity index (χ3n) is 4.63. The minimum absolute atomic E-state index is 0.0557. The van der Waals surface area contributed by atoms with Crippen LogP contribution in [0.15, 0.2) is 62.7 Å². The molecular weight excluding hydrogens is 400 g/mol. The number of benzene rings is 1. The number of nitrogens with one attached hydrogen (secondary N) is 1. The van der Waals surface area contributed by atoms with Crippen molar-refractivity contribution in [2.45, 2.75) is 26.3 Å². The van der Waals surface area contributed by atoms with Crippen LogP contribution in [0.5, 0.6) is 5.75 Å². The van der Waals surface area contributed by atoms with Crippen molar-refractivity contribution in [2.75, 3.05) is 7.11 Å². The minimum Gasteiger partial charge on any atom is -0.497 e. The number of furan rings is 2. The number of methoxy groups -OCH3 is 1. The van der Waals surface area contributed by atoms with Crippen molar-refractivity contribution in [3.05, 3.63) is 70.4 Å². The zero-order valence-corrected chi connectivity index (χ0v) is 17.6. The lowest BCUT2D eigenvalue weighted by molar-refractivity contribution is -0.121. The molecule has 1 amide bonds. The molecule has 0 aliphatic heterocycles. The van der Waals surface area contributed by atoms with Crippen molar-refractivity contribution < 1.29 is 18.4 Å². The van der Waals surface area contributed by atoms with Gasteiger partial charge in [-0.05, 0) is 55.5 Å². The first-order valence-corrected chi connectivity index (χ1v) is 10.5. The van der Waals surface area contributed by atoms with Crippen molar-refractivity contribution in [1.82, 2.24) is 10.3 Å². The van der Waals surface area contributed by atoms with Gasteiger partial charge in [-0.3, -0.25) is 4.79 Å². The summed E-state index contributed by atoms with van der Waals surface area (Å²) in [7, 11) is 1.64. The fourth-order valence-corrected chi connectivity index (χ4v) is 3.62. The molecule has 154 valence electrons. The van der Waals surface area contributed by atoms with Crippen LogP contribution in [0.25, 0.3) is 22.8 Å². The number of hydrogen-bond donors (Lipinski definition) is 1. The number of hydrogen-bond acceptors (Lipinski definition) is 6. The van der Waals surface area contributed by atoms with Crippen LogP contribution >= 0.6 is 11.3 Å². The van der Waals surface area contributed by atoms with E-state index < -0.39 is 0 Å². The van der Waals surface area contributed by atoms with Crippen LogP contribution < -0.4 is 10.1 Å². The molecule has 3 heterocycles. The second-order valence-electron chi connectivity index (χ2n) is 6.79. The van der Waals surface area contributed by atoms with E-state index in [1.54, 1.807) is 18.4 Å². The standard InChI is InChI=1S/C23H22N2O4S/c1-15-25-20(14-30-15)22-11-8-19(29-22)13-24-23(26)12-9-18-7-10-21(28-18)16-3-5-17(27-2)6-4-16/h3-8,10-11,14H,9,12-13H2,1-2H3,(H,24,26). The molecule has 1 N–H and O–H groups in total. The van der Waals surface area contributed by atoms with Crippen molar-refractivity contribution in [3.8, 4) is 28.5 Å². The van der Waals surface area contributed by atoms with Gasteiger partial charge in [0.25, 0.3) is 0 Å². The zero-order valence-electron chi connectivity index (χ0n) is 16.8. The predicted octanol–water partition coefficient (Wildman–Crippen LogP) is 5.23. The summed E-state index contributed by atoms with van der Waals surface area (Å²) in [6.07, 6.45) is 0.873. The Labute approximate surface area is 178 Å². The molecule has 0 saturated heterocycles. The topological polar surface area (TPSA) is 77.5 Å². The van der Waals surface area contributed by atoms with Gasteiger partial charge in [-0.1, -0.05) is 0 Å². The lowest BCUT2D eigenvalue weighted by Crippen LogP contribution is -2.22. The maximum atomic E-state index is 12.2. The first-order valence-electron chi connectivity index (χ1n) is 9.62. The highest BCUT2D eigenvalue weighted by molar-refractivity contribution is 7.09. The van der Waals surface area contributed by atoms with E-state index >= 15 is 0 Å². The molecule has 3 aromatic heterocycles. The summed E-state index contributed by atoms with van der Waals surface area (Å²) in [6.45, 7) is 2.30. The molecule has 0 spiro atoms. The summed E-state index contributed by atoms with van der Waals surface area (Å²) in [4.78, 5) is 16.6. The number of carbonyl (C=O) groups is 1. The third-order valence-corrected chi connectivity index (χ3v) is 5.40. The molecule has 0 atom stereocenters. The van der Waals surface area contributed by atoms with Crippen LogP contribution in [0, 0.1) is 6.92 Å². The van der Waals surface area contributed by atoms with Crippen LogP contribution in [0.1, 0.15) is 22.9 Å². The molecule has 0 saturated carbocycles. The second kappa shape index (κ2) is 9.00. The Morgan fingerprint density at radius 1 is 1.03 bits per heavy atom. The molecule has 6 nitrogen and oxygen atoms in total. The van der Waals surface area contributed by atoms with Crippen molar-refractivity contribution in [2.24, 2.45) is 0 Å². The van der Waals surface area contributed by atoms with E-state index in [1.807, 2.05) is 60.8 Å². The Bertz CT molecular complexity index is 1120. The summed E-state index contributed by atoms with van der Waals surface area (Å²) in [5, 5.41) is 5.83. The van der Waals surface area contributed by atoms with Gasteiger partial charge < -0.3 is 18.9 Å². The number of thiazole rings is 1. The van der Waals surface area contributed by atoms with Gasteiger partial charge in [-0.25, -0.2) is 4.98 Å². The van der Waals surface area contributed by atoms with Gasteiger partial charge in [0.2, 0.25) is 5.91 Å². The molecule has 7 heteroatoms. The summed E-state index contributed by atoms with van der Waals surface area (Å²) in [6, 6.07) is 15.2. The quantitative estimate of drug-likeness (QED) is 0.421. The number of aromatic nitrogens is 1. The number of amides is 1. The highest BCUT2D eigenvalue weighted by atomic mass is 32.1. The number of rotatable bonds is 8. The van der Waals surface area contributed by atoms with Gasteiger partial charge in [0.1, 0.15) is 28.7 Å². The zero-order chi connectivity index (χ0) is 20.9. The highest BCUT2D eigenvalue weighted by Crippen LogP contribution is 2.25. The van der Waals surface area contributed by atoms with E-state index in [2.05, 4.69) is 10.3 Å². The van der Waals surface area contributed by atoms with Crippen molar-refractivity contribution in [3.63, 3.8) is 0 Å². The molecule has 0 aliphatic carbocycles. The molecular formula is C23H22N2O4S. The number of aryl methyl sites for hydroxylation is 2. The first-order chi connectivity index (χ1) is 14.6. The maximum absolute atomic E-state index is 12.2. The number of carbonyl (C=O) groups excluding carboxylic acids is 1. The Morgan fingerprint density at radius 3 is 2.50 bits per heavy atom. The van der Waals surface area contributed by atoms with Crippen LogP contribution in [-0.2, 0) is 17.8 Å². The lowest BCUT2D eigenvalue weighted by atomic mass is 10.2. The largest absolute Gasteiger partial charge is 0.497 e.